The highest BCUT2D eigenvalue weighted by molar-refractivity contribution is 14.0. The van der Waals surface area contributed by atoms with Gasteiger partial charge in [-0.05, 0) is 41.3 Å². The van der Waals surface area contributed by atoms with E-state index in [2.05, 4.69) is 50.9 Å². The van der Waals surface area contributed by atoms with Crippen molar-refractivity contribution in [3.8, 4) is 11.3 Å². The number of nitrogens with one attached hydrogen (secondary N) is 2. The summed E-state index contributed by atoms with van der Waals surface area (Å²) in [5.41, 5.74) is 3.16. The lowest BCUT2D eigenvalue weighted by Gasteiger charge is -2.15. The third kappa shape index (κ3) is 6.03. The van der Waals surface area contributed by atoms with Gasteiger partial charge in [-0.3, -0.25) is 9.98 Å². The van der Waals surface area contributed by atoms with Crippen molar-refractivity contribution in [2.45, 2.75) is 12.6 Å². The summed E-state index contributed by atoms with van der Waals surface area (Å²) in [4.78, 5) is 9.62. The van der Waals surface area contributed by atoms with Crippen molar-refractivity contribution >= 4 is 51.4 Å². The van der Waals surface area contributed by atoms with Crippen LogP contribution in [0.2, 0.25) is 0 Å². The molecule has 7 heteroatoms. The molecule has 5 nitrogen and oxygen atoms in total. The summed E-state index contributed by atoms with van der Waals surface area (Å²) in [6, 6.07) is 24.4. The molecule has 1 atom stereocenters. The zero-order chi connectivity index (χ0) is 20.8. The molecule has 1 unspecified atom stereocenters. The molecule has 31 heavy (non-hydrogen) atoms. The van der Waals surface area contributed by atoms with E-state index in [9.17, 15) is 5.11 Å². The van der Waals surface area contributed by atoms with E-state index >= 15 is 0 Å². The standard InChI is InChI=1S/C24H24N4OS.HI/c1-25-24(28-16-21(29)23-14-19-8-2-3-11-22(19)30-23)27-15-17-7-6-9-18(13-17)20-10-4-5-12-26-20;/h2-14,21,29H,15-16H2,1H3,(H2,25,27,28);1H. The zero-order valence-corrected chi connectivity index (χ0v) is 20.3. The molecule has 4 aromatic rings. The summed E-state index contributed by atoms with van der Waals surface area (Å²) in [7, 11) is 1.73. The number of aromatic nitrogens is 1. The van der Waals surface area contributed by atoms with Gasteiger partial charge in [0.1, 0.15) is 6.10 Å². The monoisotopic (exact) mass is 544 g/mol. The maximum atomic E-state index is 10.6. The van der Waals surface area contributed by atoms with Crippen molar-refractivity contribution in [1.29, 1.82) is 0 Å². The van der Waals surface area contributed by atoms with Crippen molar-refractivity contribution < 1.29 is 5.11 Å². The number of aliphatic hydroxyl groups excluding tert-OH is 1. The Morgan fingerprint density at radius 1 is 1.03 bits per heavy atom. The molecule has 3 N–H and O–H groups in total. The molecule has 0 saturated heterocycles. The van der Waals surface area contributed by atoms with E-state index in [-0.39, 0.29) is 24.0 Å². The first-order valence-electron chi connectivity index (χ1n) is 9.84. The van der Waals surface area contributed by atoms with Gasteiger partial charge in [-0.25, -0.2) is 0 Å². The number of pyridine rings is 1. The summed E-state index contributed by atoms with van der Waals surface area (Å²) in [5.74, 6) is 0.651. The molecule has 4 rings (SSSR count). The molecule has 0 radical (unpaired) electrons. The zero-order valence-electron chi connectivity index (χ0n) is 17.2. The molecular formula is C24H25IN4OS. The third-order valence-electron chi connectivity index (χ3n) is 4.81. The van der Waals surface area contributed by atoms with Crippen LogP contribution in [0.15, 0.2) is 84.0 Å². The fourth-order valence-corrected chi connectivity index (χ4v) is 4.29. The summed E-state index contributed by atoms with van der Waals surface area (Å²) in [5, 5.41) is 18.3. The Morgan fingerprint density at radius 3 is 2.65 bits per heavy atom. The number of aliphatic imine (C=N–C) groups is 1. The van der Waals surface area contributed by atoms with Crippen LogP contribution in [-0.2, 0) is 6.54 Å². The fraction of sp³-hybridized carbons (Fsp3) is 0.167. The van der Waals surface area contributed by atoms with E-state index in [0.29, 0.717) is 19.0 Å². The number of nitrogens with zero attached hydrogens (tertiary/aromatic N) is 2. The molecule has 0 bridgehead atoms. The van der Waals surface area contributed by atoms with Gasteiger partial charge in [0.25, 0.3) is 0 Å². The Labute approximate surface area is 203 Å². The van der Waals surface area contributed by atoms with Crippen LogP contribution in [0.5, 0.6) is 0 Å². The molecular weight excluding hydrogens is 519 g/mol. The van der Waals surface area contributed by atoms with E-state index in [1.165, 1.54) is 4.70 Å². The van der Waals surface area contributed by atoms with Gasteiger partial charge in [-0.1, -0.05) is 42.5 Å². The average Bonchev–Trinajstić information content (AvgIpc) is 3.24. The number of guanidine groups is 1. The highest BCUT2D eigenvalue weighted by Crippen LogP contribution is 2.29. The molecule has 0 spiro atoms. The second-order valence-corrected chi connectivity index (χ2v) is 8.04. The van der Waals surface area contributed by atoms with Crippen LogP contribution < -0.4 is 10.6 Å². The van der Waals surface area contributed by atoms with E-state index in [1.807, 2.05) is 42.5 Å². The summed E-state index contributed by atoms with van der Waals surface area (Å²) in [6.45, 7) is 1.01. The SMILES string of the molecule is CN=C(NCc1cccc(-c2ccccn2)c1)NCC(O)c1cc2ccccc2s1.I. The van der Waals surface area contributed by atoms with E-state index in [0.717, 1.165) is 27.1 Å². The summed E-state index contributed by atoms with van der Waals surface area (Å²) < 4.78 is 1.18. The molecule has 0 aliphatic carbocycles. The Kier molecular flexibility index (Phi) is 8.39. The second kappa shape index (κ2) is 11.2. The van der Waals surface area contributed by atoms with Gasteiger partial charge in [-0.2, -0.15) is 0 Å². The number of hydrogen-bond donors (Lipinski definition) is 3. The molecule has 0 saturated carbocycles. The first-order chi connectivity index (χ1) is 14.7. The molecule has 0 aliphatic rings. The molecule has 2 aromatic carbocycles. The molecule has 160 valence electrons. The van der Waals surface area contributed by atoms with Gasteiger partial charge in [0.15, 0.2) is 5.96 Å². The highest BCUT2D eigenvalue weighted by Gasteiger charge is 2.12. The maximum Gasteiger partial charge on any atom is 0.191 e. The fourth-order valence-electron chi connectivity index (χ4n) is 3.24. The van der Waals surface area contributed by atoms with Gasteiger partial charge >= 0.3 is 0 Å². The van der Waals surface area contributed by atoms with Gasteiger partial charge in [0.05, 0.1) is 5.69 Å². The Hall–Kier alpha value is -2.49. The highest BCUT2D eigenvalue weighted by atomic mass is 127. The van der Waals surface area contributed by atoms with Crippen molar-refractivity contribution in [2.24, 2.45) is 4.99 Å². The topological polar surface area (TPSA) is 69.5 Å². The minimum absolute atomic E-state index is 0. The number of halogens is 1. The normalized spacial score (nSPS) is 12.3. The van der Waals surface area contributed by atoms with Crippen LogP contribution in [0.1, 0.15) is 16.5 Å². The average molecular weight is 544 g/mol. The van der Waals surface area contributed by atoms with Gasteiger partial charge < -0.3 is 15.7 Å². The van der Waals surface area contributed by atoms with Crippen molar-refractivity contribution in [3.63, 3.8) is 0 Å². The van der Waals surface area contributed by atoms with Crippen LogP contribution in [0.4, 0.5) is 0 Å². The summed E-state index contributed by atoms with van der Waals surface area (Å²) >= 11 is 1.62. The van der Waals surface area contributed by atoms with E-state index in [4.69, 9.17) is 0 Å². The second-order valence-electron chi connectivity index (χ2n) is 6.92. The Morgan fingerprint density at radius 2 is 1.87 bits per heavy atom. The van der Waals surface area contributed by atoms with E-state index in [1.54, 1.807) is 24.6 Å². The number of benzene rings is 2. The van der Waals surface area contributed by atoms with Crippen molar-refractivity contribution in [1.82, 2.24) is 15.6 Å². The van der Waals surface area contributed by atoms with Gasteiger partial charge in [0, 0.05) is 41.5 Å². The molecule has 2 aromatic heterocycles. The number of hydrogen-bond acceptors (Lipinski definition) is 4. The van der Waals surface area contributed by atoms with Crippen LogP contribution in [-0.4, -0.2) is 29.6 Å². The maximum absolute atomic E-state index is 10.6. The van der Waals surface area contributed by atoms with Crippen molar-refractivity contribution in [2.75, 3.05) is 13.6 Å². The lowest BCUT2D eigenvalue weighted by molar-refractivity contribution is 0.184. The minimum atomic E-state index is -0.589. The van der Waals surface area contributed by atoms with Gasteiger partial charge in [-0.15, -0.1) is 35.3 Å². The largest absolute Gasteiger partial charge is 0.386 e. The van der Waals surface area contributed by atoms with Crippen LogP contribution in [0.3, 0.4) is 0 Å². The Balaban J connectivity index is 0.00000272. The third-order valence-corrected chi connectivity index (χ3v) is 6.02. The Bertz CT molecular complexity index is 1110. The molecule has 0 amide bonds. The van der Waals surface area contributed by atoms with E-state index < -0.39 is 6.10 Å². The quantitative estimate of drug-likeness (QED) is 0.182. The summed E-state index contributed by atoms with van der Waals surface area (Å²) in [6.07, 6.45) is 1.21. The van der Waals surface area contributed by atoms with Gasteiger partial charge in [0.2, 0.25) is 0 Å². The number of rotatable bonds is 6. The lowest BCUT2D eigenvalue weighted by Crippen LogP contribution is -2.38. The minimum Gasteiger partial charge on any atom is -0.386 e. The first kappa shape index (κ1) is 23.2. The number of aliphatic hydroxyl groups is 1. The lowest BCUT2D eigenvalue weighted by atomic mass is 10.1. The number of fused-ring (bicyclic) bond motifs is 1. The van der Waals surface area contributed by atoms with Crippen LogP contribution >= 0.6 is 35.3 Å². The molecule has 2 heterocycles. The first-order valence-corrected chi connectivity index (χ1v) is 10.7. The predicted molar refractivity (Wildman–Crippen MR) is 140 cm³/mol. The predicted octanol–water partition coefficient (Wildman–Crippen LogP) is 4.98. The molecule has 0 fully saturated rings. The van der Waals surface area contributed by atoms with Crippen LogP contribution in [0.25, 0.3) is 21.3 Å². The van der Waals surface area contributed by atoms with Crippen molar-refractivity contribution in [3.05, 3.63) is 89.4 Å². The molecule has 0 aliphatic heterocycles. The van der Waals surface area contributed by atoms with Crippen LogP contribution in [0, 0.1) is 0 Å². The number of thiophene rings is 1. The smallest absolute Gasteiger partial charge is 0.191 e.